The van der Waals surface area contributed by atoms with Gasteiger partial charge in [-0.2, -0.15) is 0 Å². The first-order valence-electron chi connectivity index (χ1n) is 5.73. The maximum atomic E-state index is 12.4. The largest absolute Gasteiger partial charge is 0.298 e. The second kappa shape index (κ2) is 3.95. The van der Waals surface area contributed by atoms with Crippen LogP contribution in [-0.4, -0.2) is 13.9 Å². The minimum atomic E-state index is -0.659. The molecule has 0 aliphatic heterocycles. The van der Waals surface area contributed by atoms with Crippen molar-refractivity contribution in [3.63, 3.8) is 0 Å². The van der Waals surface area contributed by atoms with Crippen LogP contribution in [0.3, 0.4) is 0 Å². The zero-order valence-corrected chi connectivity index (χ0v) is 12.4. The molecule has 0 bridgehead atoms. The van der Waals surface area contributed by atoms with Gasteiger partial charge in [-0.25, -0.2) is 4.98 Å². The Kier molecular flexibility index (Phi) is 2.74. The average Bonchev–Trinajstić information content (AvgIpc) is 2.77. The summed E-state index contributed by atoms with van der Waals surface area (Å²) in [4.78, 5) is 18.7. The normalized spacial score (nSPS) is 21.4. The summed E-state index contributed by atoms with van der Waals surface area (Å²) in [6.45, 7) is 4.52. The summed E-state index contributed by atoms with van der Waals surface area (Å²) in [7, 11) is 0. The van der Waals surface area contributed by atoms with Crippen molar-refractivity contribution in [3.05, 3.63) is 27.1 Å². The van der Waals surface area contributed by atoms with Crippen LogP contribution in [0.2, 0.25) is 0 Å². The Bertz CT molecular complexity index is 689. The molecule has 0 saturated heterocycles. The van der Waals surface area contributed by atoms with Crippen molar-refractivity contribution in [1.29, 1.82) is 0 Å². The van der Waals surface area contributed by atoms with E-state index in [4.69, 9.17) is 23.2 Å². The average molecular weight is 303 g/mol. The molecule has 1 aliphatic rings. The second-order valence-electron chi connectivity index (χ2n) is 4.83. The monoisotopic (exact) mass is 302 g/mol. The summed E-state index contributed by atoms with van der Waals surface area (Å²) in [5.74, 6) is 0.151. The van der Waals surface area contributed by atoms with E-state index in [1.807, 2.05) is 13.8 Å². The number of hydrogen-bond acceptors (Lipinski definition) is 3. The quantitative estimate of drug-likeness (QED) is 0.798. The summed E-state index contributed by atoms with van der Waals surface area (Å²) in [5, 5.41) is 0.732. The van der Waals surface area contributed by atoms with E-state index in [0.717, 1.165) is 27.1 Å². The summed E-state index contributed by atoms with van der Waals surface area (Å²) in [6, 6.07) is 0. The first kappa shape index (κ1) is 12.5. The van der Waals surface area contributed by atoms with Crippen LogP contribution in [0.25, 0.3) is 10.2 Å². The molecule has 1 fully saturated rings. The number of rotatable bonds is 2. The zero-order valence-electron chi connectivity index (χ0n) is 10.0. The molecule has 1 atom stereocenters. The van der Waals surface area contributed by atoms with Crippen molar-refractivity contribution in [2.75, 3.05) is 0 Å². The summed E-state index contributed by atoms with van der Waals surface area (Å²) in [5.41, 5.74) is 1.04. The van der Waals surface area contributed by atoms with E-state index in [9.17, 15) is 4.79 Å². The lowest BCUT2D eigenvalue weighted by Crippen LogP contribution is -2.22. The number of aromatic nitrogens is 2. The molecule has 2 aromatic rings. The SMILES string of the molecule is Cc1sc2ncn(C[C@H]3CC3(Cl)Cl)c(=O)c2c1C. The highest BCUT2D eigenvalue weighted by molar-refractivity contribution is 7.18. The van der Waals surface area contributed by atoms with Gasteiger partial charge < -0.3 is 0 Å². The smallest absolute Gasteiger partial charge is 0.262 e. The van der Waals surface area contributed by atoms with Gasteiger partial charge >= 0.3 is 0 Å². The van der Waals surface area contributed by atoms with Gasteiger partial charge in [0.05, 0.1) is 11.7 Å². The maximum Gasteiger partial charge on any atom is 0.262 e. The molecular formula is C12H12Cl2N2OS. The molecule has 18 heavy (non-hydrogen) atoms. The molecule has 3 rings (SSSR count). The maximum absolute atomic E-state index is 12.4. The van der Waals surface area contributed by atoms with Gasteiger partial charge in [0.1, 0.15) is 9.16 Å². The van der Waals surface area contributed by atoms with E-state index in [2.05, 4.69) is 4.98 Å². The van der Waals surface area contributed by atoms with Crippen LogP contribution in [0.15, 0.2) is 11.1 Å². The topological polar surface area (TPSA) is 34.9 Å². The molecule has 2 aromatic heterocycles. The van der Waals surface area contributed by atoms with E-state index in [-0.39, 0.29) is 11.5 Å². The van der Waals surface area contributed by atoms with E-state index in [1.165, 1.54) is 0 Å². The predicted octanol–water partition coefficient (Wildman–Crippen LogP) is 3.27. The first-order valence-corrected chi connectivity index (χ1v) is 7.30. The Morgan fingerprint density at radius 2 is 2.22 bits per heavy atom. The fourth-order valence-corrected chi connectivity index (χ4v) is 3.60. The van der Waals surface area contributed by atoms with Crippen LogP contribution < -0.4 is 5.56 Å². The van der Waals surface area contributed by atoms with Crippen molar-refractivity contribution in [3.8, 4) is 0 Å². The third-order valence-electron chi connectivity index (χ3n) is 3.53. The Balaban J connectivity index is 2.07. The molecule has 0 spiro atoms. The molecule has 0 N–H and O–H groups in total. The van der Waals surface area contributed by atoms with Crippen molar-refractivity contribution in [1.82, 2.24) is 9.55 Å². The lowest BCUT2D eigenvalue weighted by molar-refractivity contribution is 0.597. The van der Waals surface area contributed by atoms with E-state index in [1.54, 1.807) is 22.2 Å². The van der Waals surface area contributed by atoms with Crippen molar-refractivity contribution in [2.24, 2.45) is 5.92 Å². The first-order chi connectivity index (χ1) is 8.40. The Labute approximate surface area is 118 Å². The minimum absolute atomic E-state index is 0.0119. The zero-order chi connectivity index (χ0) is 13.1. The van der Waals surface area contributed by atoms with Crippen LogP contribution >= 0.6 is 34.5 Å². The van der Waals surface area contributed by atoms with Gasteiger partial charge in [0.15, 0.2) is 0 Å². The number of hydrogen-bond donors (Lipinski definition) is 0. The molecule has 1 saturated carbocycles. The molecule has 2 heterocycles. The van der Waals surface area contributed by atoms with Gasteiger partial charge in [0.25, 0.3) is 5.56 Å². The van der Waals surface area contributed by atoms with Crippen LogP contribution in [-0.2, 0) is 6.54 Å². The van der Waals surface area contributed by atoms with Gasteiger partial charge in [-0.15, -0.1) is 34.5 Å². The fraction of sp³-hybridized carbons (Fsp3) is 0.500. The number of nitrogens with zero attached hydrogens (tertiary/aromatic N) is 2. The number of halogens is 2. The van der Waals surface area contributed by atoms with Gasteiger partial charge in [-0.3, -0.25) is 9.36 Å². The van der Waals surface area contributed by atoms with Gasteiger partial charge in [-0.1, -0.05) is 0 Å². The summed E-state index contributed by atoms with van der Waals surface area (Å²) < 4.78 is 0.965. The van der Waals surface area contributed by atoms with E-state index >= 15 is 0 Å². The van der Waals surface area contributed by atoms with Crippen LogP contribution in [0.4, 0.5) is 0 Å². The molecule has 1 aliphatic carbocycles. The fourth-order valence-electron chi connectivity index (χ4n) is 2.11. The van der Waals surface area contributed by atoms with Crippen molar-refractivity contribution < 1.29 is 0 Å². The van der Waals surface area contributed by atoms with Crippen molar-refractivity contribution in [2.45, 2.75) is 31.1 Å². The molecule has 0 aromatic carbocycles. The second-order valence-corrected chi connectivity index (χ2v) is 7.57. The Morgan fingerprint density at radius 1 is 1.56 bits per heavy atom. The third-order valence-corrected chi connectivity index (χ3v) is 5.57. The highest BCUT2D eigenvalue weighted by atomic mass is 35.5. The number of aryl methyl sites for hydroxylation is 2. The van der Waals surface area contributed by atoms with Crippen LogP contribution in [0.1, 0.15) is 16.9 Å². The Morgan fingerprint density at radius 3 is 2.83 bits per heavy atom. The molecule has 96 valence electrons. The molecule has 3 nitrogen and oxygen atoms in total. The molecule has 0 unspecified atom stereocenters. The highest BCUT2D eigenvalue weighted by Crippen LogP contribution is 2.53. The molecule has 0 amide bonds. The molecule has 0 radical (unpaired) electrons. The molecule has 6 heteroatoms. The van der Waals surface area contributed by atoms with Crippen molar-refractivity contribution >= 4 is 44.8 Å². The van der Waals surface area contributed by atoms with E-state index < -0.39 is 4.33 Å². The number of thiophene rings is 1. The lowest BCUT2D eigenvalue weighted by atomic mass is 10.2. The minimum Gasteiger partial charge on any atom is -0.298 e. The van der Waals surface area contributed by atoms with Gasteiger partial charge in [-0.05, 0) is 25.8 Å². The lowest BCUT2D eigenvalue weighted by Gasteiger charge is -2.05. The third kappa shape index (κ3) is 1.87. The predicted molar refractivity (Wildman–Crippen MR) is 75.9 cm³/mol. The van der Waals surface area contributed by atoms with Crippen LogP contribution in [0.5, 0.6) is 0 Å². The van der Waals surface area contributed by atoms with Gasteiger partial charge in [0, 0.05) is 17.3 Å². The standard InChI is InChI=1S/C12H12Cl2N2OS/c1-6-7(2)18-10-9(6)11(17)16(5-15-10)4-8-3-12(8,13)14/h5,8H,3-4H2,1-2H3/t8-/m1/s1. The highest BCUT2D eigenvalue weighted by Gasteiger charge is 2.51. The summed E-state index contributed by atoms with van der Waals surface area (Å²) in [6.07, 6.45) is 2.34. The number of alkyl halides is 2. The number of fused-ring (bicyclic) bond motifs is 1. The summed E-state index contributed by atoms with van der Waals surface area (Å²) >= 11 is 13.5. The Hall–Kier alpha value is -0.580. The van der Waals surface area contributed by atoms with E-state index in [0.29, 0.717) is 6.54 Å². The van der Waals surface area contributed by atoms with Crippen LogP contribution in [0, 0.1) is 19.8 Å². The molecular weight excluding hydrogens is 291 g/mol. The van der Waals surface area contributed by atoms with Gasteiger partial charge in [0.2, 0.25) is 0 Å².